The summed E-state index contributed by atoms with van der Waals surface area (Å²) in [4.78, 5) is 29.3. The third-order valence-corrected chi connectivity index (χ3v) is 8.25. The van der Waals surface area contributed by atoms with Gasteiger partial charge in [0.2, 0.25) is 0 Å². The van der Waals surface area contributed by atoms with Crippen LogP contribution in [-0.2, 0) is 16.1 Å². The van der Waals surface area contributed by atoms with Crippen LogP contribution >= 0.6 is 34.8 Å². The summed E-state index contributed by atoms with van der Waals surface area (Å²) in [5, 5.41) is 3.87. The van der Waals surface area contributed by atoms with Gasteiger partial charge in [-0.05, 0) is 100 Å². The number of benzene rings is 3. The van der Waals surface area contributed by atoms with Crippen LogP contribution in [0.2, 0.25) is 15.1 Å². The van der Waals surface area contributed by atoms with E-state index in [0.29, 0.717) is 40.1 Å². The van der Waals surface area contributed by atoms with Crippen LogP contribution < -0.4 is 10.2 Å². The number of nitrogens with one attached hydrogen (secondary N) is 1. The lowest BCUT2D eigenvalue weighted by molar-refractivity contribution is -0.156. The third kappa shape index (κ3) is 6.49. The number of urea groups is 1. The fourth-order valence-electron chi connectivity index (χ4n) is 5.51. The molecule has 41 heavy (non-hydrogen) atoms. The fourth-order valence-corrected chi connectivity index (χ4v) is 6.34. The van der Waals surface area contributed by atoms with Gasteiger partial charge < -0.3 is 10.1 Å². The van der Waals surface area contributed by atoms with E-state index in [0.717, 1.165) is 29.5 Å². The topological polar surface area (TPSA) is 61.9 Å². The number of fused-ring (bicyclic) bond motifs is 1. The zero-order valence-corrected chi connectivity index (χ0v) is 25.3. The Bertz CT molecular complexity index is 1480. The fraction of sp³-hybridized carbons (Fsp3) is 0.355. The number of halogens is 4. The molecular weight excluding hydrogens is 588 g/mol. The number of ether oxygens (including phenoxy) is 1. The monoisotopic (exact) mass is 617 g/mol. The number of carbonyl (C=O) groups excluding carboxylic acids is 2. The largest absolute Gasteiger partial charge is 0.459 e. The molecule has 2 aliphatic heterocycles. The molecule has 0 saturated carbocycles. The molecule has 3 aromatic rings. The van der Waals surface area contributed by atoms with Crippen molar-refractivity contribution in [1.82, 2.24) is 10.2 Å². The number of likely N-dealkylation sites (tertiary alicyclic amines) is 1. The number of esters is 1. The van der Waals surface area contributed by atoms with Gasteiger partial charge in [-0.2, -0.15) is 0 Å². The van der Waals surface area contributed by atoms with Gasteiger partial charge in [0.05, 0.1) is 33.0 Å². The average Bonchev–Trinajstić information content (AvgIpc) is 2.88. The van der Waals surface area contributed by atoms with Crippen molar-refractivity contribution in [3.05, 3.63) is 80.5 Å². The van der Waals surface area contributed by atoms with Crippen molar-refractivity contribution in [3.63, 3.8) is 0 Å². The van der Waals surface area contributed by atoms with Gasteiger partial charge in [-0.1, -0.05) is 46.9 Å². The summed E-state index contributed by atoms with van der Waals surface area (Å²) < 4.78 is 19.5. The Hall–Kier alpha value is -2.84. The van der Waals surface area contributed by atoms with Gasteiger partial charge in [-0.3, -0.25) is 14.6 Å². The number of amides is 2. The molecule has 1 saturated heterocycles. The molecule has 5 rings (SSSR count). The summed E-state index contributed by atoms with van der Waals surface area (Å²) >= 11 is 19.7. The van der Waals surface area contributed by atoms with Crippen LogP contribution in [0.25, 0.3) is 11.1 Å². The summed E-state index contributed by atoms with van der Waals surface area (Å²) in [6, 6.07) is 13.2. The van der Waals surface area contributed by atoms with Crippen LogP contribution in [0.4, 0.5) is 20.6 Å². The van der Waals surface area contributed by atoms with Crippen LogP contribution in [0.3, 0.4) is 0 Å². The normalized spacial score (nSPS) is 16.4. The van der Waals surface area contributed by atoms with Crippen LogP contribution in [0.15, 0.2) is 48.5 Å². The number of anilines is 2. The van der Waals surface area contributed by atoms with Crippen molar-refractivity contribution in [2.24, 2.45) is 0 Å². The van der Waals surface area contributed by atoms with E-state index in [9.17, 15) is 14.0 Å². The summed E-state index contributed by atoms with van der Waals surface area (Å²) in [6.07, 6.45) is 1.61. The molecule has 0 aliphatic carbocycles. The van der Waals surface area contributed by atoms with Crippen molar-refractivity contribution in [1.29, 1.82) is 0 Å². The maximum absolute atomic E-state index is 14.0. The molecule has 3 aromatic carbocycles. The van der Waals surface area contributed by atoms with E-state index in [1.807, 2.05) is 26.8 Å². The number of hydrogen-bond acceptors (Lipinski definition) is 4. The Labute approximate surface area is 254 Å². The molecule has 0 atom stereocenters. The summed E-state index contributed by atoms with van der Waals surface area (Å²) in [7, 11) is 0. The first-order chi connectivity index (χ1) is 19.4. The Balaban J connectivity index is 1.54. The molecule has 2 heterocycles. The highest BCUT2D eigenvalue weighted by molar-refractivity contribution is 6.40. The van der Waals surface area contributed by atoms with Gasteiger partial charge >= 0.3 is 12.0 Å². The Kier molecular flexibility index (Phi) is 8.53. The summed E-state index contributed by atoms with van der Waals surface area (Å²) in [5.74, 6) is -0.517. The SMILES string of the molecule is CC(C)(C)OC(=O)CN1CCC(c2cc(-c3ccc(F)cc3Cl)c3c(c2)N(c2c(Cl)cccc2Cl)C(=O)NC3)CC1. The zero-order chi connectivity index (χ0) is 29.5. The molecule has 1 fully saturated rings. The van der Waals surface area contributed by atoms with E-state index in [2.05, 4.69) is 16.3 Å². The lowest BCUT2D eigenvalue weighted by Crippen LogP contribution is -2.42. The van der Waals surface area contributed by atoms with E-state index < -0.39 is 11.4 Å². The molecule has 1 N–H and O–H groups in total. The first-order valence-electron chi connectivity index (χ1n) is 13.5. The van der Waals surface area contributed by atoms with Crippen LogP contribution in [0, 0.1) is 5.82 Å². The second kappa shape index (κ2) is 11.8. The molecular formula is C31H31Cl3FN3O3. The van der Waals surface area contributed by atoms with Gasteiger partial charge in [0.15, 0.2) is 0 Å². The summed E-state index contributed by atoms with van der Waals surface area (Å²) in [5.41, 5.74) is 3.79. The Morgan fingerprint density at radius 3 is 2.32 bits per heavy atom. The van der Waals surface area contributed by atoms with Crippen molar-refractivity contribution < 1.29 is 18.7 Å². The lowest BCUT2D eigenvalue weighted by atomic mass is 9.84. The van der Waals surface area contributed by atoms with E-state index >= 15 is 0 Å². The minimum atomic E-state index is -0.528. The number of piperidine rings is 1. The third-order valence-electron chi connectivity index (χ3n) is 7.32. The predicted molar refractivity (Wildman–Crippen MR) is 162 cm³/mol. The van der Waals surface area contributed by atoms with Crippen molar-refractivity contribution >= 4 is 58.2 Å². The minimum absolute atomic E-state index is 0.154. The van der Waals surface area contributed by atoms with Crippen LogP contribution in [-0.4, -0.2) is 42.1 Å². The van der Waals surface area contributed by atoms with Gasteiger partial charge in [0.1, 0.15) is 11.4 Å². The highest BCUT2D eigenvalue weighted by Gasteiger charge is 2.33. The molecule has 0 aromatic heterocycles. The van der Waals surface area contributed by atoms with Crippen molar-refractivity contribution in [2.75, 3.05) is 24.5 Å². The van der Waals surface area contributed by atoms with E-state index in [1.165, 1.54) is 17.0 Å². The predicted octanol–water partition coefficient (Wildman–Crippen LogP) is 8.34. The maximum atomic E-state index is 14.0. The second-order valence-corrected chi connectivity index (χ2v) is 12.6. The highest BCUT2D eigenvalue weighted by Crippen LogP contribution is 2.46. The molecule has 0 radical (unpaired) electrons. The molecule has 6 nitrogen and oxygen atoms in total. The number of hydrogen-bond donors (Lipinski definition) is 1. The van der Waals surface area contributed by atoms with Gasteiger partial charge in [0.25, 0.3) is 0 Å². The van der Waals surface area contributed by atoms with Gasteiger partial charge in [-0.25, -0.2) is 9.18 Å². The molecule has 216 valence electrons. The van der Waals surface area contributed by atoms with Crippen molar-refractivity contribution in [3.8, 4) is 11.1 Å². The van der Waals surface area contributed by atoms with E-state index in [-0.39, 0.29) is 36.0 Å². The van der Waals surface area contributed by atoms with Crippen molar-refractivity contribution in [2.45, 2.75) is 51.7 Å². The quantitative estimate of drug-likeness (QED) is 0.292. The van der Waals surface area contributed by atoms with Gasteiger partial charge in [-0.15, -0.1) is 0 Å². The van der Waals surface area contributed by atoms with Gasteiger partial charge in [0, 0.05) is 17.7 Å². The highest BCUT2D eigenvalue weighted by atomic mass is 35.5. The Morgan fingerprint density at radius 1 is 1.00 bits per heavy atom. The lowest BCUT2D eigenvalue weighted by Gasteiger charge is -2.36. The average molecular weight is 619 g/mol. The molecule has 2 aliphatic rings. The smallest absolute Gasteiger partial charge is 0.326 e. The maximum Gasteiger partial charge on any atom is 0.326 e. The Morgan fingerprint density at radius 2 is 1.68 bits per heavy atom. The minimum Gasteiger partial charge on any atom is -0.459 e. The molecule has 0 spiro atoms. The second-order valence-electron chi connectivity index (χ2n) is 11.4. The number of nitrogens with zero attached hydrogens (tertiary/aromatic N) is 2. The number of rotatable bonds is 5. The van der Waals surface area contributed by atoms with Crippen LogP contribution in [0.5, 0.6) is 0 Å². The molecule has 0 bridgehead atoms. The molecule has 0 unspecified atom stereocenters. The van der Waals surface area contributed by atoms with Crippen LogP contribution in [0.1, 0.15) is 50.7 Å². The first-order valence-corrected chi connectivity index (χ1v) is 14.6. The zero-order valence-electron chi connectivity index (χ0n) is 23.1. The first kappa shape index (κ1) is 29.6. The molecule has 10 heteroatoms. The number of para-hydroxylation sites is 1. The van der Waals surface area contributed by atoms with E-state index in [4.69, 9.17) is 39.5 Å². The number of carbonyl (C=O) groups is 2. The molecule has 2 amide bonds. The summed E-state index contributed by atoms with van der Waals surface area (Å²) in [6.45, 7) is 7.50. The van der Waals surface area contributed by atoms with E-state index in [1.54, 1.807) is 24.3 Å². The standard InChI is InChI=1S/C31H31Cl3FN3O3/c1-31(2,3)41-28(39)17-37-11-9-18(10-12-37)19-13-22(21-8-7-20(35)15-26(21)34)23-16-36-30(40)38(27(23)14-19)29-24(32)5-4-6-25(29)33/h4-8,13-15,18H,9-12,16-17H2,1-3H3,(H,36,40).